The summed E-state index contributed by atoms with van der Waals surface area (Å²) in [7, 11) is 0. The van der Waals surface area contributed by atoms with Gasteiger partial charge in [-0.3, -0.25) is 4.79 Å². The number of hydrogen-bond donors (Lipinski definition) is 2. The normalized spacial score (nSPS) is 23.9. The Hall–Kier alpha value is -0.580. The maximum atomic E-state index is 11.4. The third kappa shape index (κ3) is 2.64. The highest BCUT2D eigenvalue weighted by molar-refractivity contribution is 9.10. The summed E-state index contributed by atoms with van der Waals surface area (Å²) in [5, 5.41) is 13.1. The van der Waals surface area contributed by atoms with Crippen LogP contribution in [0.1, 0.15) is 12.0 Å². The summed E-state index contributed by atoms with van der Waals surface area (Å²) in [5.41, 5.74) is 0.179. The second-order valence-corrected chi connectivity index (χ2v) is 5.75. The zero-order valence-electron chi connectivity index (χ0n) is 9.17. The molecule has 0 spiro atoms. The predicted octanol–water partition coefficient (Wildman–Crippen LogP) is 2.71. The van der Waals surface area contributed by atoms with E-state index in [1.165, 1.54) is 0 Å². The number of halogens is 2. The molecule has 5 heteroatoms. The van der Waals surface area contributed by atoms with Gasteiger partial charge in [0, 0.05) is 16.0 Å². The van der Waals surface area contributed by atoms with Crippen molar-refractivity contribution in [2.45, 2.75) is 12.8 Å². The lowest BCUT2D eigenvalue weighted by atomic mass is 9.81. The van der Waals surface area contributed by atoms with Gasteiger partial charge >= 0.3 is 5.97 Å². The first-order chi connectivity index (χ1) is 8.03. The number of carboxylic acid groups (broad SMARTS) is 1. The van der Waals surface area contributed by atoms with Crippen LogP contribution in [0.25, 0.3) is 0 Å². The van der Waals surface area contributed by atoms with Crippen molar-refractivity contribution in [3.8, 4) is 0 Å². The number of hydrogen-bond acceptors (Lipinski definition) is 2. The molecular weight excluding hydrogens is 305 g/mol. The van der Waals surface area contributed by atoms with Gasteiger partial charge in [0.05, 0.1) is 5.41 Å². The summed E-state index contributed by atoms with van der Waals surface area (Å²) >= 11 is 9.47. The van der Waals surface area contributed by atoms with Crippen LogP contribution < -0.4 is 5.32 Å². The zero-order chi connectivity index (χ0) is 12.5. The Balaban J connectivity index is 2.26. The topological polar surface area (TPSA) is 49.3 Å². The lowest BCUT2D eigenvalue weighted by molar-refractivity contribution is -0.147. The highest BCUT2D eigenvalue weighted by atomic mass is 79.9. The molecule has 1 fully saturated rings. The van der Waals surface area contributed by atoms with Crippen LogP contribution in [0.3, 0.4) is 0 Å². The van der Waals surface area contributed by atoms with E-state index in [-0.39, 0.29) is 0 Å². The second kappa shape index (κ2) is 4.96. The van der Waals surface area contributed by atoms with Crippen LogP contribution in [0.4, 0.5) is 0 Å². The fourth-order valence-electron chi connectivity index (χ4n) is 2.18. The Bertz CT molecular complexity index is 444. The van der Waals surface area contributed by atoms with Crippen molar-refractivity contribution in [2.24, 2.45) is 5.41 Å². The number of carboxylic acids is 1. The SMILES string of the molecule is O=C(O)C1(Cc2ccc(Br)cc2Cl)CCNC1. The van der Waals surface area contributed by atoms with Gasteiger partial charge in [-0.15, -0.1) is 0 Å². The minimum Gasteiger partial charge on any atom is -0.481 e. The molecule has 1 aromatic rings. The van der Waals surface area contributed by atoms with Gasteiger partial charge in [-0.05, 0) is 37.1 Å². The highest BCUT2D eigenvalue weighted by Gasteiger charge is 2.41. The van der Waals surface area contributed by atoms with E-state index in [0.29, 0.717) is 24.4 Å². The molecule has 1 aliphatic rings. The maximum Gasteiger partial charge on any atom is 0.311 e. The quantitative estimate of drug-likeness (QED) is 0.901. The number of benzene rings is 1. The molecule has 2 N–H and O–H groups in total. The first-order valence-corrected chi connectivity index (χ1v) is 6.59. The van der Waals surface area contributed by atoms with Crippen LogP contribution >= 0.6 is 27.5 Å². The number of nitrogens with one attached hydrogen (secondary N) is 1. The van der Waals surface area contributed by atoms with Crippen molar-refractivity contribution in [3.63, 3.8) is 0 Å². The van der Waals surface area contributed by atoms with Crippen LogP contribution in [0.2, 0.25) is 5.02 Å². The van der Waals surface area contributed by atoms with E-state index >= 15 is 0 Å². The van der Waals surface area contributed by atoms with Crippen molar-refractivity contribution >= 4 is 33.5 Å². The molecule has 2 rings (SSSR count). The van der Waals surface area contributed by atoms with Crippen molar-refractivity contribution < 1.29 is 9.90 Å². The Morgan fingerprint density at radius 2 is 2.35 bits per heavy atom. The lowest BCUT2D eigenvalue weighted by Crippen LogP contribution is -2.35. The van der Waals surface area contributed by atoms with Gasteiger partial charge in [0.1, 0.15) is 0 Å². The van der Waals surface area contributed by atoms with Gasteiger partial charge in [-0.25, -0.2) is 0 Å². The minimum absolute atomic E-state index is 0.474. The molecule has 0 bridgehead atoms. The van der Waals surface area contributed by atoms with Gasteiger partial charge in [-0.2, -0.15) is 0 Å². The second-order valence-electron chi connectivity index (χ2n) is 4.42. The number of rotatable bonds is 3. The lowest BCUT2D eigenvalue weighted by Gasteiger charge is -2.23. The summed E-state index contributed by atoms with van der Waals surface area (Å²) in [5.74, 6) is -0.749. The van der Waals surface area contributed by atoms with E-state index in [2.05, 4.69) is 21.2 Å². The largest absolute Gasteiger partial charge is 0.481 e. The molecule has 0 saturated carbocycles. The average Bonchev–Trinajstić information content (AvgIpc) is 2.72. The number of carbonyl (C=O) groups is 1. The third-order valence-corrected chi connectivity index (χ3v) is 4.09. The van der Waals surface area contributed by atoms with Crippen LogP contribution in [0, 0.1) is 5.41 Å². The fraction of sp³-hybridized carbons (Fsp3) is 0.417. The molecule has 1 heterocycles. The van der Waals surface area contributed by atoms with Crippen LogP contribution in [0.5, 0.6) is 0 Å². The van der Waals surface area contributed by atoms with Crippen molar-refractivity contribution in [2.75, 3.05) is 13.1 Å². The molecule has 0 radical (unpaired) electrons. The predicted molar refractivity (Wildman–Crippen MR) is 70.4 cm³/mol. The molecule has 1 unspecified atom stereocenters. The van der Waals surface area contributed by atoms with Gasteiger partial charge in [0.15, 0.2) is 0 Å². The molecule has 1 aromatic carbocycles. The average molecular weight is 319 g/mol. The molecule has 1 aliphatic heterocycles. The third-order valence-electron chi connectivity index (χ3n) is 3.24. The molecule has 1 atom stereocenters. The molecule has 17 heavy (non-hydrogen) atoms. The van der Waals surface area contributed by atoms with Crippen LogP contribution in [-0.4, -0.2) is 24.2 Å². The standard InChI is InChI=1S/C12H13BrClNO2/c13-9-2-1-8(10(14)5-9)6-12(11(16)17)3-4-15-7-12/h1-2,5,15H,3-4,6-7H2,(H,16,17). The van der Waals surface area contributed by atoms with Crippen molar-refractivity contribution in [1.29, 1.82) is 0 Å². The molecule has 0 aromatic heterocycles. The number of aliphatic carboxylic acids is 1. The monoisotopic (exact) mass is 317 g/mol. The smallest absolute Gasteiger partial charge is 0.311 e. The first kappa shape index (κ1) is 12.9. The molecule has 0 aliphatic carbocycles. The van der Waals surface area contributed by atoms with E-state index in [9.17, 15) is 9.90 Å². The maximum absolute atomic E-state index is 11.4. The molecule has 1 saturated heterocycles. The summed E-state index contributed by atoms with van der Waals surface area (Å²) < 4.78 is 0.903. The van der Waals surface area contributed by atoms with Gasteiger partial charge in [-0.1, -0.05) is 33.6 Å². The van der Waals surface area contributed by atoms with Gasteiger partial charge in [0.25, 0.3) is 0 Å². The highest BCUT2D eigenvalue weighted by Crippen LogP contribution is 2.33. The van der Waals surface area contributed by atoms with E-state index in [1.807, 2.05) is 12.1 Å². The van der Waals surface area contributed by atoms with E-state index in [4.69, 9.17) is 11.6 Å². The fourth-order valence-corrected chi connectivity index (χ4v) is 2.92. The minimum atomic E-state index is -0.749. The Morgan fingerprint density at radius 1 is 1.59 bits per heavy atom. The Labute approximate surface area is 113 Å². The molecular formula is C12H13BrClNO2. The van der Waals surface area contributed by atoms with Crippen molar-refractivity contribution in [1.82, 2.24) is 5.32 Å². The summed E-state index contributed by atoms with van der Waals surface area (Å²) in [6.07, 6.45) is 1.12. The van der Waals surface area contributed by atoms with Crippen molar-refractivity contribution in [3.05, 3.63) is 33.3 Å². The van der Waals surface area contributed by atoms with Gasteiger partial charge in [0.2, 0.25) is 0 Å². The zero-order valence-corrected chi connectivity index (χ0v) is 11.5. The Kier molecular flexibility index (Phi) is 3.76. The first-order valence-electron chi connectivity index (χ1n) is 5.42. The van der Waals surface area contributed by atoms with Crippen LogP contribution in [0.15, 0.2) is 22.7 Å². The summed E-state index contributed by atoms with van der Waals surface area (Å²) in [6.45, 7) is 1.26. The molecule has 0 amide bonds. The van der Waals surface area contributed by atoms with Crippen LogP contribution in [-0.2, 0) is 11.2 Å². The van der Waals surface area contributed by atoms with E-state index in [0.717, 1.165) is 16.6 Å². The van der Waals surface area contributed by atoms with Gasteiger partial charge < -0.3 is 10.4 Å². The molecule has 3 nitrogen and oxygen atoms in total. The Morgan fingerprint density at radius 3 is 2.88 bits per heavy atom. The van der Waals surface area contributed by atoms with E-state index in [1.54, 1.807) is 6.07 Å². The summed E-state index contributed by atoms with van der Waals surface area (Å²) in [4.78, 5) is 11.4. The summed E-state index contributed by atoms with van der Waals surface area (Å²) in [6, 6.07) is 5.57. The van der Waals surface area contributed by atoms with E-state index < -0.39 is 11.4 Å². The molecule has 92 valence electrons.